The zero-order chi connectivity index (χ0) is 14.9. The molecular formula is C17H19ClO2. The molecule has 0 aliphatic carbocycles. The van der Waals surface area contributed by atoms with E-state index in [1.807, 2.05) is 51.1 Å². The molecule has 1 N–H and O–H groups in total. The smallest absolute Gasteiger partial charge is 0.128 e. The lowest BCUT2D eigenvalue weighted by atomic mass is 9.95. The summed E-state index contributed by atoms with van der Waals surface area (Å²) in [6.45, 7) is 5.94. The molecule has 0 fully saturated rings. The van der Waals surface area contributed by atoms with Gasteiger partial charge < -0.3 is 9.84 Å². The average molecular weight is 291 g/mol. The van der Waals surface area contributed by atoms with Crippen molar-refractivity contribution in [3.05, 3.63) is 63.2 Å². The van der Waals surface area contributed by atoms with Crippen molar-refractivity contribution in [3.63, 3.8) is 0 Å². The second kappa shape index (κ2) is 5.86. The number of aliphatic hydroxyl groups is 1. The molecule has 0 aromatic heterocycles. The summed E-state index contributed by atoms with van der Waals surface area (Å²) in [5.41, 5.74) is 4.56. The molecule has 0 amide bonds. The van der Waals surface area contributed by atoms with Crippen LogP contribution < -0.4 is 4.74 Å². The van der Waals surface area contributed by atoms with Crippen LogP contribution >= 0.6 is 11.6 Å². The molecule has 2 nitrogen and oxygen atoms in total. The van der Waals surface area contributed by atoms with Gasteiger partial charge in [0.25, 0.3) is 0 Å². The van der Waals surface area contributed by atoms with Crippen molar-refractivity contribution in [1.82, 2.24) is 0 Å². The van der Waals surface area contributed by atoms with Gasteiger partial charge in [-0.1, -0.05) is 41.9 Å². The molecule has 0 saturated carbocycles. The number of aryl methyl sites for hydroxylation is 2. The Bertz CT molecular complexity index is 635. The second-order valence-corrected chi connectivity index (χ2v) is 5.39. The van der Waals surface area contributed by atoms with Gasteiger partial charge in [0.15, 0.2) is 0 Å². The number of hydrogen-bond acceptors (Lipinski definition) is 2. The fourth-order valence-electron chi connectivity index (χ4n) is 2.35. The van der Waals surface area contributed by atoms with Crippen LogP contribution in [0.1, 0.15) is 33.9 Å². The number of aliphatic hydroxyl groups excluding tert-OH is 1. The van der Waals surface area contributed by atoms with Crippen molar-refractivity contribution in [1.29, 1.82) is 0 Å². The summed E-state index contributed by atoms with van der Waals surface area (Å²) in [5, 5.41) is 11.3. The van der Waals surface area contributed by atoms with E-state index in [0.29, 0.717) is 10.6 Å². The number of methoxy groups -OCH3 is 1. The third-order valence-corrected chi connectivity index (χ3v) is 4.24. The highest BCUT2D eigenvalue weighted by atomic mass is 35.5. The summed E-state index contributed by atoms with van der Waals surface area (Å²) in [6, 6.07) is 9.54. The van der Waals surface area contributed by atoms with Gasteiger partial charge >= 0.3 is 0 Å². The van der Waals surface area contributed by atoms with E-state index in [4.69, 9.17) is 16.3 Å². The van der Waals surface area contributed by atoms with Crippen LogP contribution in [-0.4, -0.2) is 12.2 Å². The highest BCUT2D eigenvalue weighted by molar-refractivity contribution is 6.32. The van der Waals surface area contributed by atoms with Crippen molar-refractivity contribution in [2.45, 2.75) is 26.9 Å². The first kappa shape index (κ1) is 14.9. The number of ether oxygens (including phenoxy) is 1. The van der Waals surface area contributed by atoms with E-state index < -0.39 is 6.10 Å². The van der Waals surface area contributed by atoms with E-state index in [9.17, 15) is 5.11 Å². The minimum Gasteiger partial charge on any atom is -0.496 e. The van der Waals surface area contributed by atoms with Gasteiger partial charge in [0.1, 0.15) is 11.9 Å². The number of rotatable bonds is 3. The molecule has 0 saturated heterocycles. The average Bonchev–Trinajstić information content (AvgIpc) is 2.44. The highest BCUT2D eigenvalue weighted by Gasteiger charge is 2.20. The summed E-state index contributed by atoms with van der Waals surface area (Å²) in [4.78, 5) is 0. The molecule has 106 valence electrons. The number of hydrogen-bond donors (Lipinski definition) is 1. The summed E-state index contributed by atoms with van der Waals surface area (Å²) in [5.74, 6) is 0.718. The van der Waals surface area contributed by atoms with E-state index in [1.54, 1.807) is 7.11 Å². The first-order valence-electron chi connectivity index (χ1n) is 6.54. The normalized spacial score (nSPS) is 12.3. The number of benzene rings is 2. The first-order valence-corrected chi connectivity index (χ1v) is 6.92. The van der Waals surface area contributed by atoms with E-state index in [1.165, 1.54) is 0 Å². The fraction of sp³-hybridized carbons (Fsp3) is 0.294. The van der Waals surface area contributed by atoms with Gasteiger partial charge in [-0.3, -0.25) is 0 Å². The van der Waals surface area contributed by atoms with Crippen LogP contribution in [0.5, 0.6) is 5.75 Å². The minimum absolute atomic E-state index is 0.597. The predicted molar refractivity (Wildman–Crippen MR) is 82.7 cm³/mol. The van der Waals surface area contributed by atoms with Gasteiger partial charge in [0.05, 0.1) is 7.11 Å². The van der Waals surface area contributed by atoms with Crippen molar-refractivity contribution < 1.29 is 9.84 Å². The molecule has 20 heavy (non-hydrogen) atoms. The van der Waals surface area contributed by atoms with Gasteiger partial charge in [-0.05, 0) is 37.5 Å². The Kier molecular flexibility index (Phi) is 4.36. The third kappa shape index (κ3) is 2.54. The zero-order valence-corrected chi connectivity index (χ0v) is 13.0. The molecule has 3 heteroatoms. The lowest BCUT2D eigenvalue weighted by molar-refractivity contribution is 0.214. The summed E-state index contributed by atoms with van der Waals surface area (Å²) < 4.78 is 5.47. The van der Waals surface area contributed by atoms with E-state index in [0.717, 1.165) is 28.0 Å². The Hall–Kier alpha value is -1.51. The summed E-state index contributed by atoms with van der Waals surface area (Å²) in [7, 11) is 1.62. The predicted octanol–water partition coefficient (Wildman–Crippen LogP) is 4.36. The Morgan fingerprint density at radius 3 is 2.35 bits per heavy atom. The molecule has 2 rings (SSSR count). The van der Waals surface area contributed by atoms with Gasteiger partial charge in [0, 0.05) is 16.1 Å². The first-order chi connectivity index (χ1) is 9.47. The maximum absolute atomic E-state index is 10.7. The molecule has 1 atom stereocenters. The van der Waals surface area contributed by atoms with Crippen LogP contribution in [0.4, 0.5) is 0 Å². The molecule has 0 radical (unpaired) electrons. The zero-order valence-electron chi connectivity index (χ0n) is 12.2. The van der Waals surface area contributed by atoms with E-state index in [2.05, 4.69) is 0 Å². The fourth-order valence-corrected chi connectivity index (χ4v) is 2.58. The van der Waals surface area contributed by atoms with Crippen molar-refractivity contribution >= 4 is 11.6 Å². The molecule has 0 heterocycles. The quantitative estimate of drug-likeness (QED) is 0.910. The van der Waals surface area contributed by atoms with Gasteiger partial charge in [-0.25, -0.2) is 0 Å². The monoisotopic (exact) mass is 290 g/mol. The maximum Gasteiger partial charge on any atom is 0.128 e. The lowest BCUT2D eigenvalue weighted by Gasteiger charge is -2.19. The molecular weight excluding hydrogens is 272 g/mol. The molecule has 2 aromatic carbocycles. The van der Waals surface area contributed by atoms with Crippen LogP contribution in [0.25, 0.3) is 0 Å². The highest BCUT2D eigenvalue weighted by Crippen LogP contribution is 2.37. The van der Waals surface area contributed by atoms with Crippen LogP contribution in [0.15, 0.2) is 30.3 Å². The van der Waals surface area contributed by atoms with Gasteiger partial charge in [-0.15, -0.1) is 0 Å². The Labute approximate surface area is 125 Å². The molecule has 0 aliphatic heterocycles. The Balaban J connectivity index is 2.56. The molecule has 1 unspecified atom stereocenters. The van der Waals surface area contributed by atoms with Gasteiger partial charge in [0.2, 0.25) is 0 Å². The van der Waals surface area contributed by atoms with Crippen LogP contribution in [-0.2, 0) is 0 Å². The molecule has 0 bridgehead atoms. The lowest BCUT2D eigenvalue weighted by Crippen LogP contribution is -2.05. The van der Waals surface area contributed by atoms with Crippen LogP contribution in [0, 0.1) is 20.8 Å². The maximum atomic E-state index is 10.7. The standard InChI is InChI=1S/C17H19ClO2/c1-10-8-9-14(17(20-4)12(10)3)16(19)13-7-5-6-11(2)15(13)18/h5-9,16,19H,1-4H3. The van der Waals surface area contributed by atoms with Crippen molar-refractivity contribution in [2.75, 3.05) is 7.11 Å². The topological polar surface area (TPSA) is 29.5 Å². The molecule has 0 aliphatic rings. The van der Waals surface area contributed by atoms with Crippen molar-refractivity contribution in [2.24, 2.45) is 0 Å². The third-order valence-electron chi connectivity index (χ3n) is 3.72. The molecule has 2 aromatic rings. The van der Waals surface area contributed by atoms with Gasteiger partial charge in [-0.2, -0.15) is 0 Å². The Morgan fingerprint density at radius 2 is 1.70 bits per heavy atom. The largest absolute Gasteiger partial charge is 0.496 e. The van der Waals surface area contributed by atoms with Crippen LogP contribution in [0.2, 0.25) is 5.02 Å². The number of halogens is 1. The van der Waals surface area contributed by atoms with Crippen molar-refractivity contribution in [3.8, 4) is 5.75 Å². The van der Waals surface area contributed by atoms with E-state index >= 15 is 0 Å². The SMILES string of the molecule is COc1c(C(O)c2cccc(C)c2Cl)ccc(C)c1C. The summed E-state index contributed by atoms with van der Waals surface area (Å²) >= 11 is 6.30. The Morgan fingerprint density at radius 1 is 1.00 bits per heavy atom. The van der Waals surface area contributed by atoms with Crippen LogP contribution in [0.3, 0.4) is 0 Å². The van der Waals surface area contributed by atoms with E-state index in [-0.39, 0.29) is 0 Å². The summed E-state index contributed by atoms with van der Waals surface area (Å²) in [6.07, 6.45) is -0.795. The molecule has 0 spiro atoms. The minimum atomic E-state index is -0.795. The second-order valence-electron chi connectivity index (χ2n) is 5.01.